The van der Waals surface area contributed by atoms with Gasteiger partial charge in [-0.05, 0) is 24.3 Å². The van der Waals surface area contributed by atoms with Gasteiger partial charge in [0.25, 0.3) is 0 Å². The third kappa shape index (κ3) is 4.51. The van der Waals surface area contributed by atoms with E-state index in [0.717, 1.165) is 16.4 Å². The SMILES string of the molecule is OCC(O)CNc1ccc(OCc2nccs2)cc1. The summed E-state index contributed by atoms with van der Waals surface area (Å²) in [6.07, 6.45) is 1.00. The van der Waals surface area contributed by atoms with Crippen molar-refractivity contribution in [2.75, 3.05) is 18.5 Å². The molecule has 0 aliphatic carbocycles. The predicted octanol–water partition coefficient (Wildman–Crippen LogP) is 1.49. The molecule has 0 saturated heterocycles. The maximum Gasteiger partial charge on any atom is 0.140 e. The molecule has 2 aromatic rings. The van der Waals surface area contributed by atoms with Gasteiger partial charge in [-0.1, -0.05) is 0 Å². The van der Waals surface area contributed by atoms with E-state index in [1.54, 1.807) is 17.5 Å². The number of thiazole rings is 1. The number of benzene rings is 1. The van der Waals surface area contributed by atoms with E-state index in [4.69, 9.17) is 9.84 Å². The first-order chi connectivity index (χ1) is 9.28. The molecule has 1 unspecified atom stereocenters. The minimum Gasteiger partial charge on any atom is -0.486 e. The second-order valence-corrected chi connectivity index (χ2v) is 4.94. The van der Waals surface area contributed by atoms with Crippen LogP contribution in [0, 0.1) is 0 Å². The Morgan fingerprint density at radius 1 is 1.32 bits per heavy atom. The first-order valence-electron chi connectivity index (χ1n) is 5.92. The Bertz CT molecular complexity index is 473. The molecule has 1 aromatic heterocycles. The van der Waals surface area contributed by atoms with Crippen molar-refractivity contribution in [3.05, 3.63) is 40.8 Å². The van der Waals surface area contributed by atoms with Gasteiger partial charge >= 0.3 is 0 Å². The summed E-state index contributed by atoms with van der Waals surface area (Å²) < 4.78 is 5.58. The summed E-state index contributed by atoms with van der Waals surface area (Å²) in [6.45, 7) is 0.533. The third-order valence-electron chi connectivity index (χ3n) is 2.45. The standard InChI is InChI=1S/C13H16N2O3S/c16-8-11(17)7-15-10-1-3-12(4-2-10)18-9-13-14-5-6-19-13/h1-6,11,15-17H,7-9H2. The third-order valence-corrected chi connectivity index (χ3v) is 3.21. The summed E-state index contributed by atoms with van der Waals surface area (Å²) in [5.41, 5.74) is 0.870. The van der Waals surface area contributed by atoms with Crippen molar-refractivity contribution >= 4 is 17.0 Å². The predicted molar refractivity (Wildman–Crippen MR) is 74.5 cm³/mol. The highest BCUT2D eigenvalue weighted by Gasteiger charge is 2.02. The Labute approximate surface area is 115 Å². The highest BCUT2D eigenvalue weighted by atomic mass is 32.1. The van der Waals surface area contributed by atoms with Gasteiger partial charge in [0.15, 0.2) is 0 Å². The molecule has 0 bridgehead atoms. The van der Waals surface area contributed by atoms with Crippen molar-refractivity contribution in [3.8, 4) is 5.75 Å². The zero-order valence-electron chi connectivity index (χ0n) is 10.3. The first kappa shape index (κ1) is 13.8. The lowest BCUT2D eigenvalue weighted by Gasteiger charge is -2.11. The molecule has 6 heteroatoms. The van der Waals surface area contributed by atoms with Crippen molar-refractivity contribution in [1.82, 2.24) is 4.98 Å². The van der Waals surface area contributed by atoms with Crippen molar-refractivity contribution in [2.45, 2.75) is 12.7 Å². The van der Waals surface area contributed by atoms with Crippen molar-refractivity contribution in [1.29, 1.82) is 0 Å². The quantitative estimate of drug-likeness (QED) is 0.716. The number of nitrogens with zero attached hydrogens (tertiary/aromatic N) is 1. The molecule has 5 nitrogen and oxygen atoms in total. The summed E-state index contributed by atoms with van der Waals surface area (Å²) >= 11 is 1.56. The zero-order valence-corrected chi connectivity index (χ0v) is 11.1. The lowest BCUT2D eigenvalue weighted by atomic mass is 10.3. The summed E-state index contributed by atoms with van der Waals surface area (Å²) in [5.74, 6) is 0.767. The molecule has 0 radical (unpaired) electrons. The molecule has 102 valence electrons. The highest BCUT2D eigenvalue weighted by Crippen LogP contribution is 2.17. The Morgan fingerprint density at radius 2 is 2.11 bits per heavy atom. The normalized spacial score (nSPS) is 12.1. The van der Waals surface area contributed by atoms with Crippen molar-refractivity contribution in [2.24, 2.45) is 0 Å². The molecule has 2 rings (SSSR count). The molecule has 1 atom stereocenters. The fraction of sp³-hybridized carbons (Fsp3) is 0.308. The Kier molecular flexibility index (Phi) is 5.14. The molecular weight excluding hydrogens is 264 g/mol. The molecule has 0 aliphatic rings. The van der Waals surface area contributed by atoms with Crippen LogP contribution < -0.4 is 10.1 Å². The molecule has 19 heavy (non-hydrogen) atoms. The van der Waals surface area contributed by atoms with Crippen molar-refractivity contribution < 1.29 is 14.9 Å². The van der Waals surface area contributed by atoms with Crippen LogP contribution in [0.2, 0.25) is 0 Å². The number of ether oxygens (including phenoxy) is 1. The average Bonchev–Trinajstić information content (AvgIpc) is 2.97. The zero-order chi connectivity index (χ0) is 13.5. The van der Waals surface area contributed by atoms with Crippen LogP contribution in [0.3, 0.4) is 0 Å². The first-order valence-corrected chi connectivity index (χ1v) is 6.80. The minimum atomic E-state index is -0.749. The van der Waals surface area contributed by atoms with Crippen LogP contribution in [-0.2, 0) is 6.61 Å². The topological polar surface area (TPSA) is 74.6 Å². The van der Waals surface area contributed by atoms with E-state index in [2.05, 4.69) is 10.3 Å². The van der Waals surface area contributed by atoms with Crippen LogP contribution in [-0.4, -0.2) is 34.5 Å². The van der Waals surface area contributed by atoms with Gasteiger partial charge in [-0.3, -0.25) is 0 Å². The second-order valence-electron chi connectivity index (χ2n) is 3.96. The molecule has 0 aliphatic heterocycles. The number of anilines is 1. The van der Waals surface area contributed by atoms with Crippen LogP contribution in [0.4, 0.5) is 5.69 Å². The second kappa shape index (κ2) is 7.08. The number of nitrogens with one attached hydrogen (secondary N) is 1. The number of aliphatic hydroxyl groups excluding tert-OH is 2. The van der Waals surface area contributed by atoms with Gasteiger partial charge in [-0.15, -0.1) is 11.3 Å². The van der Waals surface area contributed by atoms with Gasteiger partial charge in [0.2, 0.25) is 0 Å². The van der Waals surface area contributed by atoms with Gasteiger partial charge in [0.05, 0.1) is 12.7 Å². The summed E-state index contributed by atoms with van der Waals surface area (Å²) in [6, 6.07) is 7.42. The number of aromatic nitrogens is 1. The monoisotopic (exact) mass is 280 g/mol. The Balaban J connectivity index is 1.81. The number of rotatable bonds is 7. The molecule has 1 heterocycles. The molecule has 0 spiro atoms. The van der Waals surface area contributed by atoms with E-state index < -0.39 is 6.10 Å². The number of aliphatic hydroxyl groups is 2. The fourth-order valence-corrected chi connectivity index (χ4v) is 1.97. The van der Waals surface area contributed by atoms with Crippen LogP contribution in [0.15, 0.2) is 35.8 Å². The lowest BCUT2D eigenvalue weighted by Crippen LogP contribution is -2.22. The van der Waals surface area contributed by atoms with Gasteiger partial charge in [0.1, 0.15) is 17.4 Å². The smallest absolute Gasteiger partial charge is 0.140 e. The van der Waals surface area contributed by atoms with E-state index in [1.807, 2.05) is 29.6 Å². The van der Waals surface area contributed by atoms with Crippen LogP contribution in [0.25, 0.3) is 0 Å². The fourth-order valence-electron chi connectivity index (χ4n) is 1.44. The Hall–Kier alpha value is -1.63. The van der Waals surface area contributed by atoms with E-state index in [1.165, 1.54) is 0 Å². The van der Waals surface area contributed by atoms with Crippen LogP contribution >= 0.6 is 11.3 Å². The van der Waals surface area contributed by atoms with Gasteiger partial charge < -0.3 is 20.3 Å². The Morgan fingerprint density at radius 3 is 2.74 bits per heavy atom. The van der Waals surface area contributed by atoms with Gasteiger partial charge in [-0.25, -0.2) is 4.98 Å². The minimum absolute atomic E-state index is 0.248. The maximum atomic E-state index is 9.22. The molecular formula is C13H16N2O3S. The summed E-state index contributed by atoms with van der Waals surface area (Å²) in [4.78, 5) is 4.14. The van der Waals surface area contributed by atoms with Crippen LogP contribution in [0.1, 0.15) is 5.01 Å². The van der Waals surface area contributed by atoms with Crippen LogP contribution in [0.5, 0.6) is 5.75 Å². The number of hydrogen-bond acceptors (Lipinski definition) is 6. The molecule has 0 fully saturated rings. The summed E-state index contributed by atoms with van der Waals surface area (Å²) in [7, 11) is 0. The largest absolute Gasteiger partial charge is 0.486 e. The van der Waals surface area contributed by atoms with Gasteiger partial charge in [0, 0.05) is 23.8 Å². The van der Waals surface area contributed by atoms with Crippen molar-refractivity contribution in [3.63, 3.8) is 0 Å². The number of hydrogen-bond donors (Lipinski definition) is 3. The maximum absolute atomic E-state index is 9.22. The molecule has 0 saturated carbocycles. The highest BCUT2D eigenvalue weighted by molar-refractivity contribution is 7.09. The molecule has 0 amide bonds. The molecule has 1 aromatic carbocycles. The van der Waals surface area contributed by atoms with E-state index in [9.17, 15) is 5.11 Å². The molecule has 3 N–H and O–H groups in total. The van der Waals surface area contributed by atoms with E-state index >= 15 is 0 Å². The lowest BCUT2D eigenvalue weighted by molar-refractivity contribution is 0.105. The average molecular weight is 280 g/mol. The summed E-state index contributed by atoms with van der Waals surface area (Å²) in [5, 5.41) is 23.8. The van der Waals surface area contributed by atoms with E-state index in [0.29, 0.717) is 13.2 Å². The van der Waals surface area contributed by atoms with Gasteiger partial charge in [-0.2, -0.15) is 0 Å². The van der Waals surface area contributed by atoms with E-state index in [-0.39, 0.29) is 6.61 Å².